The molecule has 0 saturated carbocycles. The van der Waals surface area contributed by atoms with Crippen molar-refractivity contribution in [2.75, 3.05) is 0 Å². The van der Waals surface area contributed by atoms with Crippen LogP contribution in [-0.2, 0) is 0 Å². The average molecular weight is 407 g/mol. The number of aromatic hydroxyl groups is 2. The van der Waals surface area contributed by atoms with E-state index >= 15 is 0 Å². The van der Waals surface area contributed by atoms with Crippen LogP contribution in [0.4, 0.5) is 0 Å². The molecule has 2 heterocycles. The maximum Gasteiger partial charge on any atom is 0.227 e. The van der Waals surface area contributed by atoms with Crippen LogP contribution in [0, 0.1) is 0 Å². The number of phenolic OH excluding ortho intramolecular Hbond substituents is 2. The molecule has 134 valence electrons. The molecular weight excluding hydrogens is 395 g/mol. The minimum atomic E-state index is -0.0854. The number of benzene rings is 2. The SMILES string of the molecule is Bc1c(O)c(B)c2oc3c(-c4nc(Cl)nc(Cl)n4)c(O)c(B)c(B)c3c2c1B. The van der Waals surface area contributed by atoms with Crippen LogP contribution in [0.2, 0.25) is 10.6 Å². The molecule has 0 unspecified atom stereocenters. The Morgan fingerprint density at radius 1 is 0.643 bits per heavy atom. The molecule has 13 heteroatoms. The van der Waals surface area contributed by atoms with Crippen molar-refractivity contribution in [2.24, 2.45) is 0 Å². The topological polar surface area (TPSA) is 92.3 Å². The van der Waals surface area contributed by atoms with Crippen LogP contribution in [0.5, 0.6) is 11.5 Å². The van der Waals surface area contributed by atoms with E-state index in [1.165, 1.54) is 0 Å². The van der Waals surface area contributed by atoms with Gasteiger partial charge in [0.25, 0.3) is 0 Å². The quantitative estimate of drug-likeness (QED) is 0.309. The third-order valence-electron chi connectivity index (χ3n) is 5.46. The Balaban J connectivity index is 2.30. The van der Waals surface area contributed by atoms with Crippen molar-refractivity contribution in [1.82, 2.24) is 15.0 Å². The molecule has 0 aliphatic heterocycles. The zero-order valence-electron chi connectivity index (χ0n) is 15.9. The summed E-state index contributed by atoms with van der Waals surface area (Å²) in [6.07, 6.45) is 0. The first kappa shape index (κ1) is 19.1. The smallest absolute Gasteiger partial charge is 0.227 e. The van der Waals surface area contributed by atoms with Crippen LogP contribution in [0.15, 0.2) is 4.42 Å². The third-order valence-corrected chi connectivity index (χ3v) is 5.80. The number of phenols is 2. The van der Waals surface area contributed by atoms with Gasteiger partial charge in [0.15, 0.2) is 5.82 Å². The fourth-order valence-corrected chi connectivity index (χ4v) is 4.01. The molecule has 0 radical (unpaired) electrons. The Labute approximate surface area is 174 Å². The highest BCUT2D eigenvalue weighted by atomic mass is 35.5. The minimum absolute atomic E-state index is 0.0151. The molecule has 0 amide bonds. The van der Waals surface area contributed by atoms with E-state index in [-0.39, 0.29) is 33.5 Å². The van der Waals surface area contributed by atoms with Crippen molar-refractivity contribution in [1.29, 1.82) is 0 Å². The van der Waals surface area contributed by atoms with Gasteiger partial charge in [-0.25, -0.2) is 0 Å². The van der Waals surface area contributed by atoms with Crippen molar-refractivity contribution in [3.63, 3.8) is 0 Å². The van der Waals surface area contributed by atoms with Gasteiger partial charge < -0.3 is 14.6 Å². The molecule has 2 N–H and O–H groups in total. The highest BCUT2D eigenvalue weighted by molar-refractivity contribution is 6.62. The molecule has 0 bridgehead atoms. The summed E-state index contributed by atoms with van der Waals surface area (Å²) < 4.78 is 6.18. The Morgan fingerprint density at radius 2 is 1.14 bits per heavy atom. The van der Waals surface area contributed by atoms with Gasteiger partial charge in [0.2, 0.25) is 10.6 Å². The lowest BCUT2D eigenvalue weighted by atomic mass is 9.71. The maximum absolute atomic E-state index is 10.9. The highest BCUT2D eigenvalue weighted by Gasteiger charge is 2.26. The number of aromatic nitrogens is 3. The van der Waals surface area contributed by atoms with Crippen molar-refractivity contribution >= 4 is 112 Å². The lowest BCUT2D eigenvalue weighted by molar-refractivity contribution is 0.481. The molecule has 2 aromatic heterocycles. The van der Waals surface area contributed by atoms with E-state index in [1.807, 2.05) is 31.4 Å². The molecule has 28 heavy (non-hydrogen) atoms. The summed E-state index contributed by atoms with van der Waals surface area (Å²) in [5.41, 5.74) is 5.10. The molecule has 6 nitrogen and oxygen atoms in total. The number of nitrogens with zero attached hydrogens (tertiary/aromatic N) is 3. The number of hydrogen-bond donors (Lipinski definition) is 2. The zero-order chi connectivity index (χ0) is 20.5. The predicted octanol–water partition coefficient (Wildman–Crippen LogP) is -4.55. The van der Waals surface area contributed by atoms with E-state index in [4.69, 9.17) is 27.6 Å². The van der Waals surface area contributed by atoms with Crippen LogP contribution in [0.1, 0.15) is 0 Å². The molecule has 0 atom stereocenters. The summed E-state index contributed by atoms with van der Waals surface area (Å²) in [7, 11) is 9.33. The van der Waals surface area contributed by atoms with Gasteiger partial charge in [0.1, 0.15) is 67.5 Å². The second-order valence-corrected chi connectivity index (χ2v) is 7.58. The van der Waals surface area contributed by atoms with Crippen LogP contribution in [0.3, 0.4) is 0 Å². The van der Waals surface area contributed by atoms with Crippen LogP contribution < -0.4 is 27.3 Å². The normalized spacial score (nSPS) is 11.5. The fourth-order valence-electron chi connectivity index (χ4n) is 3.65. The summed E-state index contributed by atoms with van der Waals surface area (Å²) in [5.74, 6) is 0.292. The van der Waals surface area contributed by atoms with Crippen LogP contribution in [0.25, 0.3) is 33.3 Å². The second kappa shape index (κ2) is 6.39. The number of halogens is 2. The molecule has 0 spiro atoms. The number of furan rings is 1. The Hall–Kier alpha value is -2.25. The van der Waals surface area contributed by atoms with Crippen molar-refractivity contribution in [2.45, 2.75) is 0 Å². The van der Waals surface area contributed by atoms with E-state index in [0.717, 1.165) is 27.2 Å². The largest absolute Gasteiger partial charge is 0.509 e. The van der Waals surface area contributed by atoms with E-state index in [2.05, 4.69) is 15.0 Å². The molecule has 2 aromatic carbocycles. The van der Waals surface area contributed by atoms with E-state index in [9.17, 15) is 10.2 Å². The lowest BCUT2D eigenvalue weighted by Gasteiger charge is -2.12. The molecule has 4 aromatic rings. The highest BCUT2D eigenvalue weighted by Crippen LogP contribution is 2.37. The first-order valence-electron chi connectivity index (χ1n) is 8.58. The van der Waals surface area contributed by atoms with E-state index in [0.29, 0.717) is 22.1 Å². The van der Waals surface area contributed by atoms with Crippen LogP contribution in [-0.4, -0.2) is 64.4 Å². The Morgan fingerprint density at radius 3 is 1.71 bits per heavy atom. The summed E-state index contributed by atoms with van der Waals surface area (Å²) >= 11 is 11.9. The van der Waals surface area contributed by atoms with Crippen molar-refractivity contribution in [3.8, 4) is 22.9 Å². The van der Waals surface area contributed by atoms with Gasteiger partial charge in [-0.15, -0.1) is 0 Å². The molecule has 4 rings (SSSR count). The fraction of sp³-hybridized carbons (Fsp3) is 0. The van der Waals surface area contributed by atoms with Gasteiger partial charge in [-0.3, -0.25) is 0 Å². The standard InChI is InChI=1S/C15H12B5Cl2N3O3/c16-4-1-2-5(17)7(19)10(27)8(20)12(2)28-11(1)3(9(26)6(4)18)13-23-14(21)25-15(22)24-13/h26-27H,16-20H2. The third kappa shape index (κ3) is 2.53. The van der Waals surface area contributed by atoms with Crippen molar-refractivity contribution in [3.05, 3.63) is 10.6 Å². The van der Waals surface area contributed by atoms with Crippen LogP contribution >= 0.6 is 23.2 Å². The zero-order valence-corrected chi connectivity index (χ0v) is 17.4. The predicted molar refractivity (Wildman–Crippen MR) is 127 cm³/mol. The Bertz CT molecular complexity index is 1310. The number of hydrogen-bond acceptors (Lipinski definition) is 6. The molecule has 0 fully saturated rings. The van der Waals surface area contributed by atoms with E-state index in [1.54, 1.807) is 7.85 Å². The van der Waals surface area contributed by atoms with Gasteiger partial charge in [0, 0.05) is 10.8 Å². The number of fused-ring (bicyclic) bond motifs is 3. The molecule has 0 aliphatic rings. The first-order valence-corrected chi connectivity index (χ1v) is 9.33. The van der Waals surface area contributed by atoms with Crippen molar-refractivity contribution < 1.29 is 14.6 Å². The monoisotopic (exact) mass is 407 g/mol. The van der Waals surface area contributed by atoms with E-state index < -0.39 is 0 Å². The van der Waals surface area contributed by atoms with Gasteiger partial charge in [-0.1, -0.05) is 21.9 Å². The molecular formula is C15H12B5Cl2N3O3. The maximum atomic E-state index is 10.9. The molecule has 0 aliphatic carbocycles. The second-order valence-electron chi connectivity index (χ2n) is 6.90. The lowest BCUT2D eigenvalue weighted by Crippen LogP contribution is -2.33. The summed E-state index contributed by atoms with van der Waals surface area (Å²) in [6, 6.07) is 0. The van der Waals surface area contributed by atoms with Gasteiger partial charge in [-0.2, -0.15) is 15.0 Å². The van der Waals surface area contributed by atoms with Gasteiger partial charge in [-0.05, 0) is 28.7 Å². The molecule has 0 saturated heterocycles. The van der Waals surface area contributed by atoms with Gasteiger partial charge in [0.05, 0.1) is 0 Å². The number of rotatable bonds is 1. The summed E-state index contributed by atoms with van der Waals surface area (Å²) in [5, 5.41) is 22.9. The summed E-state index contributed by atoms with van der Waals surface area (Å²) in [4.78, 5) is 12.0. The Kier molecular flexibility index (Phi) is 4.36. The average Bonchev–Trinajstić information content (AvgIpc) is 3.02. The minimum Gasteiger partial charge on any atom is -0.509 e. The first-order chi connectivity index (χ1) is 13.1. The summed E-state index contributed by atoms with van der Waals surface area (Å²) in [6.45, 7) is 0. The van der Waals surface area contributed by atoms with Gasteiger partial charge >= 0.3 is 0 Å².